The van der Waals surface area contributed by atoms with Crippen LogP contribution in [0.3, 0.4) is 0 Å². The highest BCUT2D eigenvalue weighted by Crippen LogP contribution is 2.13. The molecule has 0 atom stereocenters. The van der Waals surface area contributed by atoms with Crippen molar-refractivity contribution in [1.29, 1.82) is 0 Å². The lowest BCUT2D eigenvalue weighted by atomic mass is 10.2. The molecule has 0 aliphatic rings. The van der Waals surface area contributed by atoms with Crippen LogP contribution in [0.1, 0.15) is 24.2 Å². The second kappa shape index (κ2) is 4.37. The van der Waals surface area contributed by atoms with E-state index >= 15 is 0 Å². The molecule has 1 aromatic heterocycles. The van der Waals surface area contributed by atoms with Crippen molar-refractivity contribution in [1.82, 2.24) is 10.3 Å². The summed E-state index contributed by atoms with van der Waals surface area (Å²) in [4.78, 5) is 15.4. The van der Waals surface area contributed by atoms with Gasteiger partial charge >= 0.3 is 0 Å². The van der Waals surface area contributed by atoms with E-state index in [2.05, 4.69) is 26.2 Å². The van der Waals surface area contributed by atoms with Crippen LogP contribution in [0.2, 0.25) is 0 Å². The number of carbonyl (C=O) groups excluding carboxylic acids is 1. The van der Waals surface area contributed by atoms with Crippen LogP contribution in [-0.4, -0.2) is 16.9 Å². The first-order chi connectivity index (χ1) is 6.11. The highest BCUT2D eigenvalue weighted by Gasteiger charge is 2.09. The fourth-order valence-electron chi connectivity index (χ4n) is 0.899. The first-order valence-corrected chi connectivity index (χ1v) is 4.81. The van der Waals surface area contributed by atoms with Crippen molar-refractivity contribution in [2.75, 3.05) is 0 Å². The molecule has 1 rings (SSSR count). The van der Waals surface area contributed by atoms with Gasteiger partial charge in [0.05, 0.1) is 5.56 Å². The Morgan fingerprint density at radius 2 is 2.31 bits per heavy atom. The molecule has 1 heterocycles. The summed E-state index contributed by atoms with van der Waals surface area (Å²) in [7, 11) is 0. The zero-order chi connectivity index (χ0) is 9.84. The predicted octanol–water partition coefficient (Wildman–Crippen LogP) is 1.98. The van der Waals surface area contributed by atoms with Gasteiger partial charge in [-0.25, -0.2) is 0 Å². The van der Waals surface area contributed by atoms with Gasteiger partial charge in [-0.2, -0.15) is 0 Å². The molecule has 0 fully saturated rings. The molecule has 1 amide bonds. The largest absolute Gasteiger partial charge is 0.350 e. The van der Waals surface area contributed by atoms with Crippen LogP contribution >= 0.6 is 15.9 Å². The van der Waals surface area contributed by atoms with E-state index in [0.717, 1.165) is 0 Å². The third-order valence-corrected chi connectivity index (χ3v) is 2.07. The normalized spacial score (nSPS) is 10.2. The highest BCUT2D eigenvalue weighted by molar-refractivity contribution is 9.10. The van der Waals surface area contributed by atoms with Gasteiger partial charge in [-0.1, -0.05) is 0 Å². The van der Waals surface area contributed by atoms with Crippen molar-refractivity contribution in [3.8, 4) is 0 Å². The minimum absolute atomic E-state index is 0.0794. The van der Waals surface area contributed by atoms with Gasteiger partial charge in [0.2, 0.25) is 0 Å². The van der Waals surface area contributed by atoms with E-state index in [-0.39, 0.29) is 11.9 Å². The first-order valence-electron chi connectivity index (χ1n) is 4.01. The van der Waals surface area contributed by atoms with Crippen molar-refractivity contribution in [3.63, 3.8) is 0 Å². The molecule has 1 N–H and O–H groups in total. The minimum atomic E-state index is -0.0794. The van der Waals surface area contributed by atoms with Gasteiger partial charge < -0.3 is 5.32 Å². The van der Waals surface area contributed by atoms with Crippen LogP contribution in [0.25, 0.3) is 0 Å². The number of nitrogens with one attached hydrogen (secondary N) is 1. The zero-order valence-corrected chi connectivity index (χ0v) is 9.13. The van der Waals surface area contributed by atoms with Gasteiger partial charge in [-0.15, -0.1) is 0 Å². The van der Waals surface area contributed by atoms with E-state index in [1.54, 1.807) is 18.5 Å². The van der Waals surface area contributed by atoms with Gasteiger partial charge in [-0.3, -0.25) is 9.78 Å². The number of amides is 1. The zero-order valence-electron chi connectivity index (χ0n) is 7.54. The lowest BCUT2D eigenvalue weighted by Gasteiger charge is -2.08. The number of nitrogens with zero attached hydrogens (tertiary/aromatic N) is 1. The molecule has 0 radical (unpaired) electrons. The fourth-order valence-corrected chi connectivity index (χ4v) is 1.33. The van der Waals surface area contributed by atoms with Crippen LogP contribution in [0, 0.1) is 0 Å². The van der Waals surface area contributed by atoms with Gasteiger partial charge in [0.25, 0.3) is 5.91 Å². The van der Waals surface area contributed by atoms with E-state index in [1.165, 1.54) is 0 Å². The molecule has 3 nitrogen and oxygen atoms in total. The molecule has 0 aliphatic carbocycles. The van der Waals surface area contributed by atoms with E-state index in [0.29, 0.717) is 10.0 Å². The lowest BCUT2D eigenvalue weighted by Crippen LogP contribution is -2.30. The Labute approximate surface area is 85.7 Å². The molecule has 0 saturated heterocycles. The maximum atomic E-state index is 11.5. The van der Waals surface area contributed by atoms with Gasteiger partial charge in [-0.05, 0) is 35.8 Å². The van der Waals surface area contributed by atoms with Crippen molar-refractivity contribution in [2.45, 2.75) is 19.9 Å². The maximum absolute atomic E-state index is 11.5. The van der Waals surface area contributed by atoms with E-state index in [4.69, 9.17) is 0 Å². The number of halogens is 1. The van der Waals surface area contributed by atoms with E-state index < -0.39 is 0 Å². The molecular formula is C9H11BrN2O. The van der Waals surface area contributed by atoms with Crippen LogP contribution in [0.15, 0.2) is 22.9 Å². The summed E-state index contributed by atoms with van der Waals surface area (Å²) < 4.78 is 0.716. The number of carbonyl (C=O) groups is 1. The van der Waals surface area contributed by atoms with Gasteiger partial charge in [0, 0.05) is 22.9 Å². The molecule has 0 unspecified atom stereocenters. The standard InChI is InChI=1S/C9H11BrN2O/c1-6(2)12-9(13)7-3-4-11-5-8(7)10/h3-6H,1-2H3,(H,12,13). The number of hydrogen-bond donors (Lipinski definition) is 1. The summed E-state index contributed by atoms with van der Waals surface area (Å²) in [5.74, 6) is -0.0794. The lowest BCUT2D eigenvalue weighted by molar-refractivity contribution is 0.0942. The fraction of sp³-hybridized carbons (Fsp3) is 0.333. The summed E-state index contributed by atoms with van der Waals surface area (Å²) in [6, 6.07) is 1.83. The number of pyridine rings is 1. The van der Waals surface area contributed by atoms with Crippen LogP contribution < -0.4 is 5.32 Å². The molecule has 4 heteroatoms. The summed E-state index contributed by atoms with van der Waals surface area (Å²) in [5.41, 5.74) is 0.615. The SMILES string of the molecule is CC(C)NC(=O)c1ccncc1Br. The maximum Gasteiger partial charge on any atom is 0.252 e. The summed E-state index contributed by atoms with van der Waals surface area (Å²) >= 11 is 3.26. The smallest absolute Gasteiger partial charge is 0.252 e. The Bertz CT molecular complexity index is 312. The summed E-state index contributed by atoms with van der Waals surface area (Å²) in [5, 5.41) is 2.80. The predicted molar refractivity (Wildman–Crippen MR) is 54.5 cm³/mol. The van der Waals surface area contributed by atoms with E-state index in [1.807, 2.05) is 13.8 Å². The Balaban J connectivity index is 2.83. The molecular weight excluding hydrogens is 232 g/mol. The molecule has 13 heavy (non-hydrogen) atoms. The Morgan fingerprint density at radius 3 is 2.85 bits per heavy atom. The molecule has 0 spiro atoms. The van der Waals surface area contributed by atoms with Crippen LogP contribution in [0.5, 0.6) is 0 Å². The number of rotatable bonds is 2. The average Bonchev–Trinajstić information content (AvgIpc) is 2.03. The number of aromatic nitrogens is 1. The van der Waals surface area contributed by atoms with E-state index in [9.17, 15) is 4.79 Å². The van der Waals surface area contributed by atoms with Crippen molar-refractivity contribution >= 4 is 21.8 Å². The first kappa shape index (κ1) is 10.2. The Hall–Kier alpha value is -0.900. The molecule has 0 bridgehead atoms. The third kappa shape index (κ3) is 2.81. The highest BCUT2D eigenvalue weighted by atomic mass is 79.9. The van der Waals surface area contributed by atoms with Crippen molar-refractivity contribution in [2.24, 2.45) is 0 Å². The van der Waals surface area contributed by atoms with Crippen LogP contribution in [0.4, 0.5) is 0 Å². The van der Waals surface area contributed by atoms with Gasteiger partial charge in [0.15, 0.2) is 0 Å². The molecule has 70 valence electrons. The summed E-state index contributed by atoms with van der Waals surface area (Å²) in [6.07, 6.45) is 3.20. The monoisotopic (exact) mass is 242 g/mol. The molecule has 1 aromatic rings. The number of hydrogen-bond acceptors (Lipinski definition) is 2. The van der Waals surface area contributed by atoms with Gasteiger partial charge in [0.1, 0.15) is 0 Å². The summed E-state index contributed by atoms with van der Waals surface area (Å²) in [6.45, 7) is 3.85. The minimum Gasteiger partial charge on any atom is -0.350 e. The second-order valence-electron chi connectivity index (χ2n) is 2.98. The van der Waals surface area contributed by atoms with Crippen LogP contribution in [-0.2, 0) is 0 Å². The Morgan fingerprint density at radius 1 is 1.62 bits per heavy atom. The average molecular weight is 243 g/mol. The molecule has 0 aliphatic heterocycles. The van der Waals surface area contributed by atoms with Crippen molar-refractivity contribution < 1.29 is 4.79 Å². The topological polar surface area (TPSA) is 42.0 Å². The molecule has 0 saturated carbocycles. The Kier molecular flexibility index (Phi) is 3.42. The quantitative estimate of drug-likeness (QED) is 0.862. The second-order valence-corrected chi connectivity index (χ2v) is 3.84. The third-order valence-electron chi connectivity index (χ3n) is 1.44. The van der Waals surface area contributed by atoms with Crippen molar-refractivity contribution in [3.05, 3.63) is 28.5 Å². The molecule has 0 aromatic carbocycles.